The van der Waals surface area contributed by atoms with Crippen molar-refractivity contribution in [3.05, 3.63) is 70.8 Å². The van der Waals surface area contributed by atoms with Gasteiger partial charge >= 0.3 is 5.97 Å². The quantitative estimate of drug-likeness (QED) is 0.289. The lowest BCUT2D eigenvalue weighted by molar-refractivity contribution is -0.151. The van der Waals surface area contributed by atoms with Crippen molar-refractivity contribution in [2.45, 2.75) is 30.4 Å². The molecule has 0 spiro atoms. The van der Waals surface area contributed by atoms with Gasteiger partial charge in [-0.3, -0.25) is 19.3 Å². The van der Waals surface area contributed by atoms with Crippen LogP contribution in [0.2, 0.25) is 0 Å². The van der Waals surface area contributed by atoms with Gasteiger partial charge in [-0.25, -0.2) is 4.79 Å². The predicted molar refractivity (Wildman–Crippen MR) is 129 cm³/mol. The molecule has 188 valence electrons. The van der Waals surface area contributed by atoms with E-state index in [0.29, 0.717) is 11.3 Å². The molecule has 36 heavy (non-hydrogen) atoms. The monoisotopic (exact) mass is 516 g/mol. The van der Waals surface area contributed by atoms with E-state index in [1.165, 1.54) is 36.0 Å². The zero-order valence-corrected chi connectivity index (χ0v) is 19.5. The summed E-state index contributed by atoms with van der Waals surface area (Å²) in [6.07, 6.45) is 0. The van der Waals surface area contributed by atoms with E-state index in [-0.39, 0.29) is 17.0 Å². The fraction of sp³-hybridized carbons (Fsp3) is 0.250. The number of nitrogens with two attached hydrogens (primary N) is 1. The van der Waals surface area contributed by atoms with Crippen LogP contribution in [-0.4, -0.2) is 61.1 Å². The minimum Gasteiger partial charge on any atom is -0.508 e. The summed E-state index contributed by atoms with van der Waals surface area (Å²) in [7, 11) is 0. The van der Waals surface area contributed by atoms with Gasteiger partial charge in [0.15, 0.2) is 0 Å². The van der Waals surface area contributed by atoms with Crippen molar-refractivity contribution >= 4 is 35.5 Å². The largest absolute Gasteiger partial charge is 0.508 e. The average molecular weight is 517 g/mol. The Morgan fingerprint density at radius 3 is 2.33 bits per heavy atom. The van der Waals surface area contributed by atoms with Crippen LogP contribution in [0.3, 0.4) is 0 Å². The van der Waals surface area contributed by atoms with Crippen LogP contribution in [0.5, 0.6) is 11.5 Å². The number of amides is 3. The van der Waals surface area contributed by atoms with E-state index in [0.717, 1.165) is 4.90 Å². The first-order chi connectivity index (χ1) is 18.8. The number of thioether (sulfide) groups is 1. The van der Waals surface area contributed by atoms with Crippen LogP contribution in [0.1, 0.15) is 35.6 Å². The van der Waals surface area contributed by atoms with Crippen molar-refractivity contribution in [3.8, 4) is 11.5 Å². The number of carboxylic acids is 1. The number of carbonyl (C=O) groups excluding carboxylic acids is 3. The van der Waals surface area contributed by atoms with Crippen molar-refractivity contribution in [2.75, 3.05) is 5.75 Å². The van der Waals surface area contributed by atoms with Gasteiger partial charge in [0.1, 0.15) is 40.7 Å². The van der Waals surface area contributed by atoms with Crippen LogP contribution in [0, 0.1) is 0 Å². The Kier molecular flexibility index (Phi) is 5.56. The number of carbonyl (C=O) groups is 4. The third-order valence-corrected chi connectivity index (χ3v) is 7.08. The van der Waals surface area contributed by atoms with Gasteiger partial charge < -0.3 is 31.7 Å². The zero-order chi connectivity index (χ0) is 29.6. The fourth-order valence-corrected chi connectivity index (χ4v) is 5.11. The number of aromatic hydroxyl groups is 2. The third-order valence-electron chi connectivity index (χ3n) is 5.66. The van der Waals surface area contributed by atoms with Crippen LogP contribution >= 0.6 is 11.8 Å². The second-order valence-corrected chi connectivity index (χ2v) is 9.21. The Labute approximate surface area is 215 Å². The van der Waals surface area contributed by atoms with Gasteiger partial charge in [0.25, 0.3) is 5.91 Å². The number of hydrogen-bond donors (Lipinski definition) is 6. The van der Waals surface area contributed by atoms with Crippen LogP contribution in [0.15, 0.2) is 59.7 Å². The van der Waals surface area contributed by atoms with Crippen LogP contribution < -0.4 is 16.4 Å². The Hall–Kier alpha value is -4.03. The molecule has 0 aliphatic carbocycles. The lowest BCUT2D eigenvalue weighted by Crippen LogP contribution is -2.71. The minimum absolute atomic E-state index is 0.134. The number of nitrogens with zero attached hydrogens (tertiary/aromatic N) is 1. The van der Waals surface area contributed by atoms with Gasteiger partial charge in [0, 0.05) is 5.75 Å². The Bertz CT molecular complexity index is 1440. The summed E-state index contributed by atoms with van der Waals surface area (Å²) >= 11 is 1.26. The van der Waals surface area contributed by atoms with Crippen molar-refractivity contribution < 1.29 is 40.0 Å². The molecule has 4 atom stereocenters. The Balaban J connectivity index is 1.60. The molecule has 2 heterocycles. The normalized spacial score (nSPS) is 22.2. The molecular formula is C24H24N4O7S. The first-order valence-electron chi connectivity index (χ1n) is 12.6. The number of phenols is 2. The molecule has 2 aliphatic rings. The number of hydrogen-bond acceptors (Lipinski definition) is 8. The van der Waals surface area contributed by atoms with E-state index in [4.69, 9.17) is 11.2 Å². The maximum atomic E-state index is 13.4. The lowest BCUT2D eigenvalue weighted by atomic mass is 10.00. The average Bonchev–Trinajstić information content (AvgIpc) is 2.92. The van der Waals surface area contributed by atoms with Crippen LogP contribution in [0.25, 0.3) is 0 Å². The maximum absolute atomic E-state index is 13.4. The van der Waals surface area contributed by atoms with Gasteiger partial charge in [-0.1, -0.05) is 24.2 Å². The molecule has 12 heteroatoms. The summed E-state index contributed by atoms with van der Waals surface area (Å²) in [6, 6.07) is -2.27. The zero-order valence-electron chi connectivity index (χ0n) is 22.7. The molecule has 3 amide bonds. The molecule has 7 N–H and O–H groups in total. The molecule has 4 rings (SSSR count). The molecule has 11 nitrogen and oxygen atoms in total. The van der Waals surface area contributed by atoms with E-state index in [2.05, 4.69) is 10.6 Å². The number of β-lactam (4-membered cyclic amide) rings is 1. The molecule has 0 radical (unpaired) electrons. The van der Waals surface area contributed by atoms with Gasteiger partial charge in [0.2, 0.25) is 11.8 Å². The molecule has 1 saturated heterocycles. The molecule has 0 aromatic heterocycles. The maximum Gasteiger partial charge on any atom is 0.352 e. The summed E-state index contributed by atoms with van der Waals surface area (Å²) in [6.45, 7) is 1.59. The summed E-state index contributed by atoms with van der Waals surface area (Å²) in [5.74, 6) is -4.58. The van der Waals surface area contributed by atoms with Crippen molar-refractivity contribution in [3.63, 3.8) is 0 Å². The Morgan fingerprint density at radius 2 is 1.72 bits per heavy atom. The topological polar surface area (TPSA) is 182 Å². The lowest BCUT2D eigenvalue weighted by Gasteiger charge is -2.49. The standard InChI is InChI=1S/C24H24N4O7S/c1-11-10-36-23-18(22(33)28(23)19(11)24(34)35)27-21(32)17(13-4-8-15(30)9-5-13)26-20(31)16(25)12-2-6-14(29)7-3-12/h2-9,16-18,23,29-30H,10,25H2,1H3,(H,26,31)(H,27,32)(H,34,35)/t16-,17-,18-,23-/m1/s1/i2D,3D,6D,7D. The smallest absolute Gasteiger partial charge is 0.352 e. The van der Waals surface area contributed by atoms with E-state index < -0.39 is 82.7 Å². The van der Waals surface area contributed by atoms with E-state index in [1.54, 1.807) is 6.92 Å². The number of aliphatic carboxylic acids is 1. The molecule has 1 fully saturated rings. The second-order valence-electron chi connectivity index (χ2n) is 8.10. The van der Waals surface area contributed by atoms with E-state index >= 15 is 0 Å². The summed E-state index contributed by atoms with van der Waals surface area (Å²) in [4.78, 5) is 52.2. The molecule has 0 saturated carbocycles. The van der Waals surface area contributed by atoms with Crippen molar-refractivity contribution in [2.24, 2.45) is 5.73 Å². The van der Waals surface area contributed by atoms with Crippen LogP contribution in [0.4, 0.5) is 0 Å². The first-order valence-corrected chi connectivity index (χ1v) is 11.6. The number of carboxylic acid groups (broad SMARTS) is 1. The van der Waals surface area contributed by atoms with Gasteiger partial charge in [0.05, 0.1) is 5.48 Å². The SMILES string of the molecule is [2H]c1c([2H])c([C@@H](N)C(=O)N[C@@H](C(=O)N[C@@H]2C(=O)N3C(C(=O)O)=C(C)CS[C@H]23)c2ccc(O)cc2)c([2H])c([2H])c1O. The van der Waals surface area contributed by atoms with Crippen molar-refractivity contribution in [1.82, 2.24) is 15.5 Å². The summed E-state index contributed by atoms with van der Waals surface area (Å²) in [5.41, 5.74) is 5.99. The Morgan fingerprint density at radius 1 is 1.08 bits per heavy atom. The number of rotatable bonds is 7. The molecule has 2 aromatic carbocycles. The molecular weight excluding hydrogens is 488 g/mol. The highest BCUT2D eigenvalue weighted by molar-refractivity contribution is 8.00. The predicted octanol–water partition coefficient (Wildman–Crippen LogP) is 0.714. The minimum atomic E-state index is -1.79. The number of nitrogens with one attached hydrogen (secondary N) is 2. The highest BCUT2D eigenvalue weighted by Crippen LogP contribution is 2.40. The summed E-state index contributed by atoms with van der Waals surface area (Å²) in [5, 5.41) is 33.2. The van der Waals surface area contributed by atoms with Crippen molar-refractivity contribution in [1.29, 1.82) is 0 Å². The van der Waals surface area contributed by atoms with E-state index in [1.807, 2.05) is 0 Å². The molecule has 0 unspecified atom stereocenters. The van der Waals surface area contributed by atoms with Gasteiger partial charge in [-0.05, 0) is 47.8 Å². The third kappa shape index (κ3) is 4.72. The first kappa shape index (κ1) is 20.2. The van der Waals surface area contributed by atoms with Crippen LogP contribution in [-0.2, 0) is 19.2 Å². The van der Waals surface area contributed by atoms with Gasteiger partial charge in [-0.2, -0.15) is 0 Å². The molecule has 0 bridgehead atoms. The number of fused-ring (bicyclic) bond motifs is 1. The second kappa shape index (κ2) is 9.91. The molecule has 2 aromatic rings. The van der Waals surface area contributed by atoms with E-state index in [9.17, 15) is 34.5 Å². The molecule has 2 aliphatic heterocycles. The summed E-state index contributed by atoms with van der Waals surface area (Å²) < 4.78 is 31.6. The fourth-order valence-electron chi connectivity index (χ4n) is 3.81. The highest BCUT2D eigenvalue weighted by atomic mass is 32.2. The highest BCUT2D eigenvalue weighted by Gasteiger charge is 2.54. The number of benzene rings is 2. The van der Waals surface area contributed by atoms with Gasteiger partial charge in [-0.15, -0.1) is 11.8 Å². The number of phenolic OH excluding ortho intramolecular Hbond substituents is 2.